The highest BCUT2D eigenvalue weighted by molar-refractivity contribution is 5.76. The van der Waals surface area contributed by atoms with Gasteiger partial charge in [0.1, 0.15) is 11.8 Å². The number of nitrogens with one attached hydrogen (secondary N) is 1. The zero-order valence-electron chi connectivity index (χ0n) is 16.1. The van der Waals surface area contributed by atoms with Crippen LogP contribution in [0.4, 0.5) is 5.69 Å². The van der Waals surface area contributed by atoms with Gasteiger partial charge in [0.05, 0.1) is 30.4 Å². The van der Waals surface area contributed by atoms with Crippen LogP contribution in [0.3, 0.4) is 0 Å². The molecule has 142 valence electrons. The third-order valence-electron chi connectivity index (χ3n) is 4.61. The Kier molecular flexibility index (Phi) is 5.19. The van der Waals surface area contributed by atoms with Crippen molar-refractivity contribution in [3.05, 3.63) is 72.3 Å². The van der Waals surface area contributed by atoms with Crippen molar-refractivity contribution in [1.29, 1.82) is 0 Å². The molecule has 6 heteroatoms. The van der Waals surface area contributed by atoms with Crippen LogP contribution in [0.25, 0.3) is 16.9 Å². The quantitative estimate of drug-likeness (QED) is 0.520. The highest BCUT2D eigenvalue weighted by atomic mass is 16.5. The normalized spacial score (nSPS) is 10.9. The fourth-order valence-corrected chi connectivity index (χ4v) is 3.03. The van der Waals surface area contributed by atoms with Crippen LogP contribution in [0.5, 0.6) is 5.88 Å². The summed E-state index contributed by atoms with van der Waals surface area (Å²) in [6, 6.07) is 14.5. The molecule has 6 nitrogen and oxygen atoms in total. The van der Waals surface area contributed by atoms with E-state index in [-0.39, 0.29) is 0 Å². The van der Waals surface area contributed by atoms with E-state index >= 15 is 0 Å². The maximum Gasteiger partial charge on any atom is 0.213 e. The number of anilines is 1. The van der Waals surface area contributed by atoms with Gasteiger partial charge in [-0.15, -0.1) is 0 Å². The fraction of sp³-hybridized carbons (Fsp3) is 0.227. The first-order valence-corrected chi connectivity index (χ1v) is 9.51. The lowest BCUT2D eigenvalue weighted by Gasteiger charge is -2.08. The molecule has 3 heterocycles. The number of nitrogens with zero attached hydrogens (tertiary/aromatic N) is 4. The summed E-state index contributed by atoms with van der Waals surface area (Å²) < 4.78 is 7.32. The lowest BCUT2D eigenvalue weighted by Crippen LogP contribution is -2.01. The number of hydrogen-bond donors (Lipinski definition) is 1. The molecule has 0 amide bonds. The van der Waals surface area contributed by atoms with Crippen molar-refractivity contribution in [2.24, 2.45) is 0 Å². The molecule has 1 aromatic carbocycles. The zero-order chi connectivity index (χ0) is 19.3. The molecule has 0 radical (unpaired) electrons. The summed E-state index contributed by atoms with van der Waals surface area (Å²) >= 11 is 0. The average Bonchev–Trinajstić information content (AvgIpc) is 3.17. The SMILES string of the molecule is CCOc1ccc(-n2cnc3cc(NCc4ccc(CC)cc4)cnc32)cn1. The predicted octanol–water partition coefficient (Wildman–Crippen LogP) is 4.39. The highest BCUT2D eigenvalue weighted by Crippen LogP contribution is 2.20. The Morgan fingerprint density at radius 1 is 0.929 bits per heavy atom. The molecule has 3 aromatic heterocycles. The number of pyridine rings is 2. The number of fused-ring (bicyclic) bond motifs is 1. The summed E-state index contributed by atoms with van der Waals surface area (Å²) in [6.45, 7) is 5.45. The van der Waals surface area contributed by atoms with E-state index in [1.165, 1.54) is 11.1 Å². The van der Waals surface area contributed by atoms with Gasteiger partial charge in [0, 0.05) is 12.6 Å². The number of rotatable bonds is 7. The zero-order valence-corrected chi connectivity index (χ0v) is 16.1. The third kappa shape index (κ3) is 3.81. The number of aryl methyl sites for hydroxylation is 1. The van der Waals surface area contributed by atoms with Gasteiger partial charge in [-0.1, -0.05) is 31.2 Å². The van der Waals surface area contributed by atoms with Gasteiger partial charge in [0.25, 0.3) is 0 Å². The number of ether oxygens (including phenoxy) is 1. The Labute approximate surface area is 164 Å². The number of aromatic nitrogens is 4. The van der Waals surface area contributed by atoms with Gasteiger partial charge in [0.2, 0.25) is 5.88 Å². The standard InChI is InChI=1S/C22H23N5O/c1-3-16-5-7-17(8-6-16)12-23-18-11-20-22(25-13-18)27(15-26-20)19-9-10-21(24-14-19)28-4-2/h5-11,13-15,23H,3-4,12H2,1-2H3. The lowest BCUT2D eigenvalue weighted by atomic mass is 10.1. The van der Waals surface area contributed by atoms with Gasteiger partial charge in [-0.25, -0.2) is 15.0 Å². The van der Waals surface area contributed by atoms with Gasteiger partial charge in [-0.3, -0.25) is 4.57 Å². The Balaban J connectivity index is 1.50. The molecule has 0 spiro atoms. The molecule has 0 saturated carbocycles. The molecule has 0 unspecified atom stereocenters. The number of imidazole rings is 1. The molecule has 28 heavy (non-hydrogen) atoms. The second-order valence-electron chi connectivity index (χ2n) is 6.49. The highest BCUT2D eigenvalue weighted by Gasteiger charge is 2.08. The molecule has 0 bridgehead atoms. The topological polar surface area (TPSA) is 64.9 Å². The molecular formula is C22H23N5O. The Hall–Kier alpha value is -3.41. The number of benzene rings is 1. The van der Waals surface area contributed by atoms with Crippen LogP contribution in [0.1, 0.15) is 25.0 Å². The van der Waals surface area contributed by atoms with Crippen LogP contribution in [-0.2, 0) is 13.0 Å². The van der Waals surface area contributed by atoms with Crippen LogP contribution in [0.2, 0.25) is 0 Å². The van der Waals surface area contributed by atoms with Gasteiger partial charge in [0.15, 0.2) is 5.65 Å². The average molecular weight is 373 g/mol. The summed E-state index contributed by atoms with van der Waals surface area (Å²) in [6.07, 6.45) is 6.42. The molecule has 1 N–H and O–H groups in total. The van der Waals surface area contributed by atoms with Crippen molar-refractivity contribution in [2.45, 2.75) is 26.8 Å². The van der Waals surface area contributed by atoms with Gasteiger partial charge in [-0.2, -0.15) is 0 Å². The van der Waals surface area contributed by atoms with Gasteiger partial charge >= 0.3 is 0 Å². The summed E-state index contributed by atoms with van der Waals surface area (Å²) in [7, 11) is 0. The van der Waals surface area contributed by atoms with Gasteiger partial charge < -0.3 is 10.1 Å². The van der Waals surface area contributed by atoms with E-state index in [0.29, 0.717) is 12.5 Å². The fourth-order valence-electron chi connectivity index (χ4n) is 3.03. The first kappa shape index (κ1) is 18.0. The number of hydrogen-bond acceptors (Lipinski definition) is 5. The third-order valence-corrected chi connectivity index (χ3v) is 4.61. The van der Waals surface area contributed by atoms with Crippen LogP contribution < -0.4 is 10.1 Å². The Morgan fingerprint density at radius 2 is 1.75 bits per heavy atom. The first-order chi connectivity index (χ1) is 13.8. The van der Waals surface area contributed by atoms with E-state index in [9.17, 15) is 0 Å². The van der Waals surface area contributed by atoms with E-state index in [1.807, 2.05) is 35.9 Å². The minimum absolute atomic E-state index is 0.598. The van der Waals surface area contributed by atoms with Gasteiger partial charge in [-0.05, 0) is 36.6 Å². The van der Waals surface area contributed by atoms with Crippen LogP contribution in [0, 0.1) is 0 Å². The van der Waals surface area contributed by atoms with Crippen LogP contribution in [-0.4, -0.2) is 26.1 Å². The Bertz CT molecular complexity index is 1050. The van der Waals surface area contributed by atoms with Crippen molar-refractivity contribution >= 4 is 16.9 Å². The van der Waals surface area contributed by atoms with Crippen LogP contribution >= 0.6 is 0 Å². The van der Waals surface area contributed by atoms with E-state index in [1.54, 1.807) is 12.5 Å². The summed E-state index contributed by atoms with van der Waals surface area (Å²) in [5, 5.41) is 3.42. The molecule has 0 aliphatic rings. The van der Waals surface area contributed by atoms with Crippen molar-refractivity contribution in [2.75, 3.05) is 11.9 Å². The van der Waals surface area contributed by atoms with Crippen molar-refractivity contribution < 1.29 is 4.74 Å². The molecule has 4 aromatic rings. The molecule has 0 aliphatic heterocycles. The van der Waals surface area contributed by atoms with Crippen LogP contribution in [0.15, 0.2) is 61.2 Å². The second kappa shape index (κ2) is 8.08. The monoisotopic (exact) mass is 373 g/mol. The molecule has 0 fully saturated rings. The summed E-state index contributed by atoms with van der Waals surface area (Å²) in [5.74, 6) is 0.613. The summed E-state index contributed by atoms with van der Waals surface area (Å²) in [4.78, 5) is 13.4. The second-order valence-corrected chi connectivity index (χ2v) is 6.49. The first-order valence-electron chi connectivity index (χ1n) is 9.51. The van der Waals surface area contributed by atoms with Crippen molar-refractivity contribution in [3.63, 3.8) is 0 Å². The van der Waals surface area contributed by atoms with E-state index in [2.05, 4.69) is 51.5 Å². The molecule has 0 aliphatic carbocycles. The van der Waals surface area contributed by atoms with E-state index < -0.39 is 0 Å². The van der Waals surface area contributed by atoms with E-state index in [4.69, 9.17) is 4.74 Å². The largest absolute Gasteiger partial charge is 0.478 e. The maximum atomic E-state index is 5.40. The minimum atomic E-state index is 0.598. The molecular weight excluding hydrogens is 350 g/mol. The van der Waals surface area contributed by atoms with E-state index in [0.717, 1.165) is 35.5 Å². The Morgan fingerprint density at radius 3 is 2.46 bits per heavy atom. The summed E-state index contributed by atoms with van der Waals surface area (Å²) in [5.41, 5.74) is 6.06. The molecule has 0 atom stereocenters. The smallest absolute Gasteiger partial charge is 0.213 e. The maximum absolute atomic E-state index is 5.40. The molecule has 0 saturated heterocycles. The predicted molar refractivity (Wildman–Crippen MR) is 111 cm³/mol. The minimum Gasteiger partial charge on any atom is -0.478 e. The molecule has 4 rings (SSSR count). The van der Waals surface area contributed by atoms with Crippen molar-refractivity contribution in [1.82, 2.24) is 19.5 Å². The lowest BCUT2D eigenvalue weighted by molar-refractivity contribution is 0.327. The van der Waals surface area contributed by atoms with Crippen molar-refractivity contribution in [3.8, 4) is 11.6 Å².